The molecule has 0 saturated heterocycles. The second-order valence-electron chi connectivity index (χ2n) is 5.50. The molecule has 0 fully saturated rings. The number of nitrogens with one attached hydrogen (secondary N) is 2. The molecule has 4 nitrogen and oxygen atoms in total. The lowest BCUT2D eigenvalue weighted by Gasteiger charge is -2.23. The molecule has 2 N–H and O–H groups in total. The average molecular weight is 351 g/mol. The van der Waals surface area contributed by atoms with Gasteiger partial charge in [-0.1, -0.05) is 47.5 Å². The van der Waals surface area contributed by atoms with Gasteiger partial charge in [0.15, 0.2) is 0 Å². The highest BCUT2D eigenvalue weighted by Gasteiger charge is 2.36. The number of para-hydroxylation sites is 1. The monoisotopic (exact) mass is 350 g/mol. The number of anilines is 2. The Morgan fingerprint density at radius 1 is 0.870 bits per heavy atom. The summed E-state index contributed by atoms with van der Waals surface area (Å²) in [6.07, 6.45) is 0. The van der Waals surface area contributed by atoms with Crippen molar-refractivity contribution in [2.75, 3.05) is 10.6 Å². The standard InChI is InChI=1S/C17H16Cl2N2O2/c1-17(2,15(22)20-11-7-4-3-5-8-11)16(23)21-13-10-6-9-12(18)14(13)19/h3-10H,1-2H3,(H,20,22)(H,21,23). The predicted molar refractivity (Wildman–Crippen MR) is 93.9 cm³/mol. The molecule has 0 heterocycles. The topological polar surface area (TPSA) is 58.2 Å². The van der Waals surface area contributed by atoms with Gasteiger partial charge in [0.05, 0.1) is 15.7 Å². The summed E-state index contributed by atoms with van der Waals surface area (Å²) in [6, 6.07) is 13.8. The van der Waals surface area contributed by atoms with Crippen molar-refractivity contribution in [3.63, 3.8) is 0 Å². The first-order valence-electron chi connectivity index (χ1n) is 6.94. The third kappa shape index (κ3) is 4.03. The van der Waals surface area contributed by atoms with E-state index in [-0.39, 0.29) is 5.02 Å². The van der Waals surface area contributed by atoms with Crippen molar-refractivity contribution in [1.82, 2.24) is 0 Å². The lowest BCUT2D eigenvalue weighted by Crippen LogP contribution is -2.41. The molecule has 0 aromatic heterocycles. The fourth-order valence-electron chi connectivity index (χ4n) is 1.79. The van der Waals surface area contributed by atoms with Gasteiger partial charge in [-0.3, -0.25) is 9.59 Å². The van der Waals surface area contributed by atoms with Crippen LogP contribution < -0.4 is 10.6 Å². The SMILES string of the molecule is CC(C)(C(=O)Nc1ccccc1)C(=O)Nc1cccc(Cl)c1Cl. The van der Waals surface area contributed by atoms with Crippen LogP contribution in [-0.4, -0.2) is 11.8 Å². The van der Waals surface area contributed by atoms with E-state index in [1.807, 2.05) is 6.07 Å². The quantitative estimate of drug-likeness (QED) is 0.791. The fourth-order valence-corrected chi connectivity index (χ4v) is 2.14. The predicted octanol–water partition coefficient (Wildman–Crippen LogP) is 4.60. The molecule has 2 rings (SSSR count). The van der Waals surface area contributed by atoms with E-state index >= 15 is 0 Å². The number of hydrogen-bond donors (Lipinski definition) is 2. The Morgan fingerprint density at radius 2 is 1.48 bits per heavy atom. The van der Waals surface area contributed by atoms with E-state index in [9.17, 15) is 9.59 Å². The van der Waals surface area contributed by atoms with Crippen molar-refractivity contribution < 1.29 is 9.59 Å². The highest BCUT2D eigenvalue weighted by molar-refractivity contribution is 6.44. The molecule has 0 bridgehead atoms. The van der Waals surface area contributed by atoms with E-state index in [1.54, 1.807) is 56.3 Å². The molecule has 0 spiro atoms. The summed E-state index contributed by atoms with van der Waals surface area (Å²) in [6.45, 7) is 3.08. The Hall–Kier alpha value is -2.04. The zero-order valence-corrected chi connectivity index (χ0v) is 14.2. The van der Waals surface area contributed by atoms with Crippen molar-refractivity contribution in [3.05, 3.63) is 58.6 Å². The third-order valence-electron chi connectivity index (χ3n) is 3.37. The average Bonchev–Trinajstić information content (AvgIpc) is 2.52. The van der Waals surface area contributed by atoms with Crippen molar-refractivity contribution in [3.8, 4) is 0 Å². The first-order chi connectivity index (χ1) is 10.8. The minimum atomic E-state index is -1.29. The van der Waals surface area contributed by atoms with Crippen LogP contribution in [0, 0.1) is 5.41 Å². The van der Waals surface area contributed by atoms with Gasteiger partial charge >= 0.3 is 0 Å². The molecule has 0 unspecified atom stereocenters. The molecule has 23 heavy (non-hydrogen) atoms. The lowest BCUT2D eigenvalue weighted by atomic mass is 9.90. The van der Waals surface area contributed by atoms with Gasteiger partial charge in [-0.2, -0.15) is 0 Å². The summed E-state index contributed by atoms with van der Waals surface area (Å²) in [7, 11) is 0. The first-order valence-corrected chi connectivity index (χ1v) is 7.70. The summed E-state index contributed by atoms with van der Waals surface area (Å²) in [4.78, 5) is 24.8. The molecule has 120 valence electrons. The van der Waals surface area contributed by atoms with Gasteiger partial charge in [-0.05, 0) is 38.1 Å². The van der Waals surface area contributed by atoms with E-state index in [0.717, 1.165) is 0 Å². The van der Waals surface area contributed by atoms with Gasteiger partial charge in [-0.15, -0.1) is 0 Å². The van der Waals surface area contributed by atoms with E-state index in [0.29, 0.717) is 16.4 Å². The van der Waals surface area contributed by atoms with Gasteiger partial charge in [0, 0.05) is 5.69 Å². The largest absolute Gasteiger partial charge is 0.325 e. The van der Waals surface area contributed by atoms with Gasteiger partial charge in [-0.25, -0.2) is 0 Å². The minimum absolute atomic E-state index is 0.238. The summed E-state index contributed by atoms with van der Waals surface area (Å²) in [5, 5.41) is 5.93. The number of amides is 2. The van der Waals surface area contributed by atoms with E-state index in [1.165, 1.54) is 0 Å². The maximum absolute atomic E-state index is 12.5. The molecule has 0 radical (unpaired) electrons. The van der Waals surface area contributed by atoms with E-state index < -0.39 is 17.2 Å². The molecule has 6 heteroatoms. The number of benzene rings is 2. The fraction of sp³-hybridized carbons (Fsp3) is 0.176. The van der Waals surface area contributed by atoms with Gasteiger partial charge in [0.2, 0.25) is 11.8 Å². The van der Waals surface area contributed by atoms with Gasteiger partial charge in [0.1, 0.15) is 5.41 Å². The van der Waals surface area contributed by atoms with Crippen LogP contribution in [-0.2, 0) is 9.59 Å². The Balaban J connectivity index is 2.13. The zero-order chi connectivity index (χ0) is 17.0. The molecular formula is C17H16Cl2N2O2. The normalized spacial score (nSPS) is 11.0. The van der Waals surface area contributed by atoms with Gasteiger partial charge in [0.25, 0.3) is 0 Å². The number of carbonyl (C=O) groups is 2. The molecule has 0 saturated carbocycles. The van der Waals surface area contributed by atoms with Crippen LogP contribution in [0.2, 0.25) is 10.0 Å². The number of rotatable bonds is 4. The Labute approximate surface area is 144 Å². The van der Waals surface area contributed by atoms with Crippen molar-refractivity contribution in [1.29, 1.82) is 0 Å². The Bertz CT molecular complexity index is 731. The minimum Gasteiger partial charge on any atom is -0.325 e. The first kappa shape index (κ1) is 17.3. The van der Waals surface area contributed by atoms with Crippen LogP contribution in [0.15, 0.2) is 48.5 Å². The molecule has 0 aliphatic carbocycles. The maximum atomic E-state index is 12.5. The lowest BCUT2D eigenvalue weighted by molar-refractivity contribution is -0.135. The number of hydrogen-bond acceptors (Lipinski definition) is 2. The van der Waals surface area contributed by atoms with Crippen LogP contribution in [0.1, 0.15) is 13.8 Å². The van der Waals surface area contributed by atoms with Crippen molar-refractivity contribution >= 4 is 46.4 Å². The molecule has 2 amide bonds. The number of halogens is 2. The molecule has 0 atom stereocenters. The number of carbonyl (C=O) groups excluding carboxylic acids is 2. The van der Waals surface area contributed by atoms with Crippen LogP contribution in [0.25, 0.3) is 0 Å². The van der Waals surface area contributed by atoms with E-state index in [2.05, 4.69) is 10.6 Å². The van der Waals surface area contributed by atoms with Crippen LogP contribution in [0.4, 0.5) is 11.4 Å². The Kier molecular flexibility index (Phi) is 5.29. The molecule has 2 aromatic rings. The maximum Gasteiger partial charge on any atom is 0.239 e. The van der Waals surface area contributed by atoms with Crippen molar-refractivity contribution in [2.45, 2.75) is 13.8 Å². The molecule has 0 aliphatic heterocycles. The highest BCUT2D eigenvalue weighted by atomic mass is 35.5. The summed E-state index contributed by atoms with van der Waals surface area (Å²) >= 11 is 12.0. The second-order valence-corrected chi connectivity index (χ2v) is 6.29. The Morgan fingerprint density at radius 3 is 2.13 bits per heavy atom. The molecule has 0 aliphatic rings. The summed E-state index contributed by atoms with van der Waals surface area (Å²) in [5.41, 5.74) is -0.300. The highest BCUT2D eigenvalue weighted by Crippen LogP contribution is 2.31. The van der Waals surface area contributed by atoms with Crippen LogP contribution in [0.5, 0.6) is 0 Å². The second kappa shape index (κ2) is 7.02. The van der Waals surface area contributed by atoms with Gasteiger partial charge < -0.3 is 10.6 Å². The molecule has 2 aromatic carbocycles. The zero-order valence-electron chi connectivity index (χ0n) is 12.7. The van der Waals surface area contributed by atoms with Crippen LogP contribution in [0.3, 0.4) is 0 Å². The third-order valence-corrected chi connectivity index (χ3v) is 4.19. The van der Waals surface area contributed by atoms with Crippen LogP contribution >= 0.6 is 23.2 Å². The summed E-state index contributed by atoms with van der Waals surface area (Å²) < 4.78 is 0. The summed E-state index contributed by atoms with van der Waals surface area (Å²) in [5.74, 6) is -0.894. The smallest absolute Gasteiger partial charge is 0.239 e. The van der Waals surface area contributed by atoms with E-state index in [4.69, 9.17) is 23.2 Å². The molecular weight excluding hydrogens is 335 g/mol. The van der Waals surface area contributed by atoms with Crippen molar-refractivity contribution in [2.24, 2.45) is 5.41 Å².